The first-order valence-electron chi connectivity index (χ1n) is 9.50. The molecule has 1 aliphatic heterocycles. The summed E-state index contributed by atoms with van der Waals surface area (Å²) in [6.07, 6.45) is -2.15. The van der Waals surface area contributed by atoms with Gasteiger partial charge in [0.1, 0.15) is 11.6 Å². The molecule has 0 aliphatic carbocycles. The maximum Gasteiger partial charge on any atom is 0.417 e. The SMILES string of the molecule is Cc1cccc(C)c1OCC(=O)NC1CCN(c2ccc(C(F)(F)F)cn2)CC1. The molecule has 0 atom stereocenters. The number of alkyl halides is 3. The molecular weight excluding hydrogens is 383 g/mol. The molecule has 1 amide bonds. The lowest BCUT2D eigenvalue weighted by molar-refractivity contribution is -0.137. The lowest BCUT2D eigenvalue weighted by Gasteiger charge is -2.33. The summed E-state index contributed by atoms with van der Waals surface area (Å²) < 4.78 is 43.6. The molecule has 0 saturated carbocycles. The van der Waals surface area contributed by atoms with Crippen LogP contribution in [-0.2, 0) is 11.0 Å². The van der Waals surface area contributed by atoms with Crippen LogP contribution in [0.5, 0.6) is 5.75 Å². The first-order valence-corrected chi connectivity index (χ1v) is 9.50. The Morgan fingerprint density at radius 2 is 1.83 bits per heavy atom. The van der Waals surface area contributed by atoms with Crippen LogP contribution in [0, 0.1) is 13.8 Å². The molecule has 29 heavy (non-hydrogen) atoms. The molecule has 1 aromatic heterocycles. The van der Waals surface area contributed by atoms with Crippen molar-refractivity contribution >= 4 is 11.7 Å². The lowest BCUT2D eigenvalue weighted by atomic mass is 10.0. The number of aryl methyl sites for hydroxylation is 2. The topological polar surface area (TPSA) is 54.5 Å². The highest BCUT2D eigenvalue weighted by molar-refractivity contribution is 5.78. The van der Waals surface area contributed by atoms with Gasteiger partial charge in [0, 0.05) is 25.3 Å². The Bertz CT molecular complexity index is 825. The van der Waals surface area contributed by atoms with E-state index in [0.717, 1.165) is 29.1 Å². The maximum atomic E-state index is 12.6. The molecular formula is C21H24F3N3O2. The van der Waals surface area contributed by atoms with Crippen LogP contribution in [0.2, 0.25) is 0 Å². The molecule has 0 spiro atoms. The summed E-state index contributed by atoms with van der Waals surface area (Å²) in [7, 11) is 0. The van der Waals surface area contributed by atoms with Crippen LogP contribution in [0.1, 0.15) is 29.5 Å². The molecule has 8 heteroatoms. The molecule has 0 unspecified atom stereocenters. The Hall–Kier alpha value is -2.77. The number of pyridine rings is 1. The van der Waals surface area contributed by atoms with Gasteiger partial charge in [-0.05, 0) is 49.9 Å². The summed E-state index contributed by atoms with van der Waals surface area (Å²) >= 11 is 0. The third kappa shape index (κ3) is 5.40. The standard InChI is InChI=1S/C21H24F3N3O2/c1-14-4-3-5-15(2)20(14)29-13-19(28)26-17-8-10-27(11-9-17)18-7-6-16(12-25-18)21(22,23)24/h3-7,12,17H,8-11,13H2,1-2H3,(H,26,28). The molecule has 1 aromatic carbocycles. The van der Waals surface area contributed by atoms with Crippen molar-refractivity contribution in [1.82, 2.24) is 10.3 Å². The summed E-state index contributed by atoms with van der Waals surface area (Å²) in [4.78, 5) is 18.1. The van der Waals surface area contributed by atoms with Crippen LogP contribution in [0.3, 0.4) is 0 Å². The van der Waals surface area contributed by atoms with Gasteiger partial charge in [-0.3, -0.25) is 4.79 Å². The summed E-state index contributed by atoms with van der Waals surface area (Å²) in [5.74, 6) is 1.06. The van der Waals surface area contributed by atoms with Crippen molar-refractivity contribution in [2.24, 2.45) is 0 Å². The molecule has 1 fully saturated rings. The third-order valence-corrected chi connectivity index (χ3v) is 5.02. The molecule has 0 bridgehead atoms. The number of anilines is 1. The number of hydrogen-bond acceptors (Lipinski definition) is 4. The smallest absolute Gasteiger partial charge is 0.417 e. The van der Waals surface area contributed by atoms with Crippen molar-refractivity contribution in [1.29, 1.82) is 0 Å². The van der Waals surface area contributed by atoms with Crippen LogP contribution in [0.15, 0.2) is 36.5 Å². The zero-order chi connectivity index (χ0) is 21.0. The highest BCUT2D eigenvalue weighted by Crippen LogP contribution is 2.29. The molecule has 0 radical (unpaired) electrons. The zero-order valence-corrected chi connectivity index (χ0v) is 16.4. The average molecular weight is 407 g/mol. The quantitative estimate of drug-likeness (QED) is 0.817. The van der Waals surface area contributed by atoms with E-state index >= 15 is 0 Å². The number of carbonyl (C=O) groups is 1. The molecule has 2 heterocycles. The second kappa shape index (κ2) is 8.71. The van der Waals surface area contributed by atoms with Crippen LogP contribution in [0.25, 0.3) is 0 Å². The summed E-state index contributed by atoms with van der Waals surface area (Å²) in [5.41, 5.74) is 1.21. The van der Waals surface area contributed by atoms with Crippen molar-refractivity contribution in [3.05, 3.63) is 53.2 Å². The Balaban J connectivity index is 1.46. The molecule has 156 valence electrons. The van der Waals surface area contributed by atoms with E-state index in [2.05, 4.69) is 10.3 Å². The number of nitrogens with zero attached hydrogens (tertiary/aromatic N) is 2. The van der Waals surface area contributed by atoms with E-state index in [-0.39, 0.29) is 18.6 Å². The molecule has 3 rings (SSSR count). The fraction of sp³-hybridized carbons (Fsp3) is 0.429. The fourth-order valence-electron chi connectivity index (χ4n) is 3.43. The van der Waals surface area contributed by atoms with E-state index in [1.165, 1.54) is 6.07 Å². The number of ether oxygens (including phenoxy) is 1. The van der Waals surface area contributed by atoms with E-state index < -0.39 is 11.7 Å². The minimum atomic E-state index is -4.39. The Morgan fingerprint density at radius 1 is 1.17 bits per heavy atom. The van der Waals surface area contributed by atoms with Crippen LogP contribution < -0.4 is 15.0 Å². The number of rotatable bonds is 5. The van der Waals surface area contributed by atoms with E-state index in [0.29, 0.717) is 31.7 Å². The number of nitrogens with one attached hydrogen (secondary N) is 1. The second-order valence-electron chi connectivity index (χ2n) is 7.24. The number of hydrogen-bond donors (Lipinski definition) is 1. The number of benzene rings is 1. The van der Waals surface area contributed by atoms with Gasteiger partial charge in [-0.1, -0.05) is 18.2 Å². The van der Waals surface area contributed by atoms with E-state index in [1.54, 1.807) is 0 Å². The predicted octanol–water partition coefficient (Wildman–Crippen LogP) is 3.88. The number of piperidine rings is 1. The maximum absolute atomic E-state index is 12.6. The first kappa shape index (κ1) is 21.0. The number of aromatic nitrogens is 1. The fourth-order valence-corrected chi connectivity index (χ4v) is 3.43. The number of halogens is 3. The third-order valence-electron chi connectivity index (χ3n) is 5.02. The van der Waals surface area contributed by atoms with Crippen molar-refractivity contribution in [2.45, 2.75) is 38.9 Å². The Labute approximate surface area is 167 Å². The van der Waals surface area contributed by atoms with E-state index in [4.69, 9.17) is 4.74 Å². The number of carbonyl (C=O) groups excluding carboxylic acids is 1. The van der Waals surface area contributed by atoms with Gasteiger partial charge in [0.2, 0.25) is 0 Å². The van der Waals surface area contributed by atoms with Crippen molar-refractivity contribution in [2.75, 3.05) is 24.6 Å². The molecule has 1 N–H and O–H groups in total. The average Bonchev–Trinajstić information content (AvgIpc) is 2.68. The lowest BCUT2D eigenvalue weighted by Crippen LogP contribution is -2.46. The highest BCUT2D eigenvalue weighted by Gasteiger charge is 2.31. The van der Waals surface area contributed by atoms with Gasteiger partial charge < -0.3 is 15.0 Å². The Kier molecular flexibility index (Phi) is 6.30. The van der Waals surface area contributed by atoms with Crippen LogP contribution >= 0.6 is 0 Å². The summed E-state index contributed by atoms with van der Waals surface area (Å²) in [5, 5.41) is 2.97. The van der Waals surface area contributed by atoms with Crippen LogP contribution in [-0.4, -0.2) is 36.6 Å². The van der Waals surface area contributed by atoms with Gasteiger partial charge in [-0.2, -0.15) is 13.2 Å². The van der Waals surface area contributed by atoms with Gasteiger partial charge >= 0.3 is 6.18 Å². The molecule has 2 aromatic rings. The molecule has 5 nitrogen and oxygen atoms in total. The number of para-hydroxylation sites is 1. The van der Waals surface area contributed by atoms with Crippen molar-refractivity contribution in [3.8, 4) is 5.75 Å². The predicted molar refractivity (Wildman–Crippen MR) is 104 cm³/mol. The van der Waals surface area contributed by atoms with Gasteiger partial charge in [0.15, 0.2) is 6.61 Å². The first-order chi connectivity index (χ1) is 13.7. The van der Waals surface area contributed by atoms with Crippen molar-refractivity contribution < 1.29 is 22.7 Å². The van der Waals surface area contributed by atoms with Gasteiger partial charge in [-0.25, -0.2) is 4.98 Å². The van der Waals surface area contributed by atoms with Gasteiger partial charge in [0.25, 0.3) is 5.91 Å². The summed E-state index contributed by atoms with van der Waals surface area (Å²) in [6.45, 7) is 5.05. The monoisotopic (exact) mass is 407 g/mol. The van der Waals surface area contributed by atoms with Gasteiger partial charge in [-0.15, -0.1) is 0 Å². The normalized spacial score (nSPS) is 15.3. The largest absolute Gasteiger partial charge is 0.483 e. The zero-order valence-electron chi connectivity index (χ0n) is 16.4. The minimum Gasteiger partial charge on any atom is -0.483 e. The Morgan fingerprint density at radius 3 is 2.38 bits per heavy atom. The minimum absolute atomic E-state index is 0.00904. The molecule has 1 aliphatic rings. The van der Waals surface area contributed by atoms with E-state index in [1.807, 2.05) is 36.9 Å². The van der Waals surface area contributed by atoms with Crippen LogP contribution in [0.4, 0.5) is 19.0 Å². The number of amides is 1. The van der Waals surface area contributed by atoms with Crippen molar-refractivity contribution in [3.63, 3.8) is 0 Å². The highest BCUT2D eigenvalue weighted by atomic mass is 19.4. The van der Waals surface area contributed by atoms with Gasteiger partial charge in [0.05, 0.1) is 5.56 Å². The van der Waals surface area contributed by atoms with E-state index in [9.17, 15) is 18.0 Å². The molecule has 1 saturated heterocycles. The summed E-state index contributed by atoms with van der Waals surface area (Å²) in [6, 6.07) is 8.25. The second-order valence-corrected chi connectivity index (χ2v) is 7.24.